The molecule has 1 aromatic carbocycles. The van der Waals surface area contributed by atoms with Gasteiger partial charge < -0.3 is 5.32 Å². The minimum absolute atomic E-state index is 0.0912. The molecule has 70 valence electrons. The Labute approximate surface area is 83.6 Å². The summed E-state index contributed by atoms with van der Waals surface area (Å²) in [5.41, 5.74) is 1.67. The predicted molar refractivity (Wildman–Crippen MR) is 58.6 cm³/mol. The summed E-state index contributed by atoms with van der Waals surface area (Å²) in [6, 6.07) is 7.47. The summed E-state index contributed by atoms with van der Waals surface area (Å²) in [6.45, 7) is 1.47. The van der Waals surface area contributed by atoms with E-state index in [1.165, 1.54) is 6.92 Å². The summed E-state index contributed by atoms with van der Waals surface area (Å²) < 4.78 is 0. The van der Waals surface area contributed by atoms with Crippen LogP contribution >= 0.6 is 0 Å². The summed E-state index contributed by atoms with van der Waals surface area (Å²) in [4.78, 5) is 10.9. The monoisotopic (exact) mass is 185 g/mol. The van der Waals surface area contributed by atoms with Crippen molar-refractivity contribution < 1.29 is 4.79 Å². The van der Waals surface area contributed by atoms with Crippen LogP contribution in [0.4, 0.5) is 5.69 Å². The Bertz CT molecular complexity index is 399. The van der Waals surface area contributed by atoms with Crippen molar-refractivity contribution in [1.29, 1.82) is 0 Å². The molecule has 0 saturated heterocycles. The van der Waals surface area contributed by atoms with Gasteiger partial charge >= 0.3 is 0 Å². The van der Waals surface area contributed by atoms with Crippen LogP contribution in [0.5, 0.6) is 0 Å². The highest BCUT2D eigenvalue weighted by molar-refractivity contribution is 5.91. The van der Waals surface area contributed by atoms with Crippen LogP contribution in [0.2, 0.25) is 0 Å². The lowest BCUT2D eigenvalue weighted by Gasteiger charge is -2.05. The van der Waals surface area contributed by atoms with E-state index in [1.807, 2.05) is 24.3 Å². The third kappa shape index (κ3) is 2.80. The molecule has 0 radical (unpaired) electrons. The molecular formula is C12H11NO. The van der Waals surface area contributed by atoms with Gasteiger partial charge in [0.15, 0.2) is 0 Å². The molecule has 2 nitrogen and oxygen atoms in total. The van der Waals surface area contributed by atoms with Crippen molar-refractivity contribution in [2.75, 3.05) is 5.32 Å². The second kappa shape index (κ2) is 4.88. The first-order valence-electron chi connectivity index (χ1n) is 4.23. The lowest BCUT2D eigenvalue weighted by molar-refractivity contribution is -0.114. The van der Waals surface area contributed by atoms with Crippen molar-refractivity contribution in [3.8, 4) is 12.3 Å². The van der Waals surface area contributed by atoms with Crippen molar-refractivity contribution in [3.63, 3.8) is 0 Å². The third-order valence-electron chi connectivity index (χ3n) is 1.63. The van der Waals surface area contributed by atoms with E-state index in [9.17, 15) is 4.79 Å². The number of allylic oxidation sites excluding steroid dienone is 1. The van der Waals surface area contributed by atoms with Crippen LogP contribution in [-0.4, -0.2) is 5.91 Å². The number of terminal acetylenes is 1. The SMILES string of the molecule is C#C/C=C/c1ccccc1NC(C)=O. The first-order valence-corrected chi connectivity index (χ1v) is 4.23. The van der Waals surface area contributed by atoms with Crippen LogP contribution in [0.15, 0.2) is 30.3 Å². The lowest BCUT2D eigenvalue weighted by Crippen LogP contribution is -2.06. The summed E-state index contributed by atoms with van der Waals surface area (Å²) in [5, 5.41) is 2.72. The zero-order chi connectivity index (χ0) is 10.4. The zero-order valence-corrected chi connectivity index (χ0v) is 7.95. The van der Waals surface area contributed by atoms with E-state index in [-0.39, 0.29) is 5.91 Å². The number of hydrogen-bond acceptors (Lipinski definition) is 1. The Kier molecular flexibility index (Phi) is 3.51. The number of nitrogens with one attached hydrogen (secondary N) is 1. The molecule has 1 rings (SSSR count). The number of rotatable bonds is 2. The average molecular weight is 185 g/mol. The van der Waals surface area contributed by atoms with Crippen LogP contribution < -0.4 is 5.32 Å². The Morgan fingerprint density at radius 3 is 2.86 bits per heavy atom. The molecule has 0 saturated carbocycles. The van der Waals surface area contributed by atoms with Crippen LogP contribution in [-0.2, 0) is 4.79 Å². The van der Waals surface area contributed by atoms with Gasteiger partial charge in [-0.15, -0.1) is 6.42 Å². The average Bonchev–Trinajstić information content (AvgIpc) is 2.16. The molecule has 0 spiro atoms. The van der Waals surface area contributed by atoms with E-state index in [0.717, 1.165) is 11.3 Å². The van der Waals surface area contributed by atoms with Crippen LogP contribution in [0.3, 0.4) is 0 Å². The topological polar surface area (TPSA) is 29.1 Å². The van der Waals surface area contributed by atoms with Gasteiger partial charge in [0, 0.05) is 12.6 Å². The first-order chi connectivity index (χ1) is 6.74. The number of carbonyl (C=O) groups excluding carboxylic acids is 1. The highest BCUT2D eigenvalue weighted by atomic mass is 16.1. The molecule has 0 aliphatic rings. The molecule has 1 amide bonds. The highest BCUT2D eigenvalue weighted by Gasteiger charge is 1.98. The zero-order valence-electron chi connectivity index (χ0n) is 7.95. The van der Waals surface area contributed by atoms with Gasteiger partial charge in [-0.2, -0.15) is 0 Å². The Hall–Kier alpha value is -2.01. The maximum Gasteiger partial charge on any atom is 0.221 e. The second-order valence-electron chi connectivity index (χ2n) is 2.77. The van der Waals surface area contributed by atoms with Gasteiger partial charge in [-0.3, -0.25) is 4.79 Å². The molecule has 0 aliphatic carbocycles. The van der Waals surface area contributed by atoms with Crippen LogP contribution in [0.1, 0.15) is 12.5 Å². The molecule has 2 heteroatoms. The maximum atomic E-state index is 10.9. The second-order valence-corrected chi connectivity index (χ2v) is 2.77. The van der Waals surface area contributed by atoms with Gasteiger partial charge in [0.1, 0.15) is 0 Å². The Morgan fingerprint density at radius 1 is 1.50 bits per heavy atom. The van der Waals surface area contributed by atoms with Gasteiger partial charge in [0.25, 0.3) is 0 Å². The standard InChI is InChI=1S/C12H11NO/c1-3-4-7-11-8-5-6-9-12(11)13-10(2)14/h1,4-9H,2H3,(H,13,14)/b7-4+. The van der Waals surface area contributed by atoms with E-state index in [4.69, 9.17) is 6.42 Å². The normalized spacial score (nSPS) is 9.71. The van der Waals surface area contributed by atoms with Crippen molar-refractivity contribution in [2.45, 2.75) is 6.92 Å². The maximum absolute atomic E-state index is 10.9. The summed E-state index contributed by atoms with van der Waals surface area (Å²) >= 11 is 0. The highest BCUT2D eigenvalue weighted by Crippen LogP contribution is 2.16. The molecule has 0 unspecified atom stereocenters. The fourth-order valence-corrected chi connectivity index (χ4v) is 1.08. The smallest absolute Gasteiger partial charge is 0.221 e. The van der Waals surface area contributed by atoms with Crippen molar-refractivity contribution in [1.82, 2.24) is 0 Å². The number of para-hydroxylation sites is 1. The summed E-state index contributed by atoms with van der Waals surface area (Å²) in [5.74, 6) is 2.31. The molecule has 0 atom stereocenters. The van der Waals surface area contributed by atoms with Gasteiger partial charge in [-0.05, 0) is 23.8 Å². The molecule has 14 heavy (non-hydrogen) atoms. The minimum Gasteiger partial charge on any atom is -0.326 e. The van der Waals surface area contributed by atoms with Crippen molar-refractivity contribution in [2.24, 2.45) is 0 Å². The molecule has 0 fully saturated rings. The van der Waals surface area contributed by atoms with Crippen LogP contribution in [0, 0.1) is 12.3 Å². The molecule has 0 bridgehead atoms. The van der Waals surface area contributed by atoms with E-state index in [1.54, 1.807) is 12.2 Å². The third-order valence-corrected chi connectivity index (χ3v) is 1.63. The van der Waals surface area contributed by atoms with Gasteiger partial charge in [-0.1, -0.05) is 24.1 Å². The molecule has 1 aromatic rings. The molecule has 0 heterocycles. The van der Waals surface area contributed by atoms with Gasteiger partial charge in [-0.25, -0.2) is 0 Å². The van der Waals surface area contributed by atoms with Crippen molar-refractivity contribution in [3.05, 3.63) is 35.9 Å². The lowest BCUT2D eigenvalue weighted by atomic mass is 10.1. The number of amides is 1. The molecule has 0 aromatic heterocycles. The number of anilines is 1. The Balaban J connectivity index is 2.98. The quantitative estimate of drug-likeness (QED) is 0.704. The van der Waals surface area contributed by atoms with Crippen molar-refractivity contribution >= 4 is 17.7 Å². The molecular weight excluding hydrogens is 174 g/mol. The minimum atomic E-state index is -0.0912. The van der Waals surface area contributed by atoms with E-state index in [0.29, 0.717) is 0 Å². The van der Waals surface area contributed by atoms with E-state index >= 15 is 0 Å². The number of benzene rings is 1. The molecule has 1 N–H and O–H groups in total. The Morgan fingerprint density at radius 2 is 2.21 bits per heavy atom. The fourth-order valence-electron chi connectivity index (χ4n) is 1.08. The summed E-state index contributed by atoms with van der Waals surface area (Å²) in [6.07, 6.45) is 8.48. The summed E-state index contributed by atoms with van der Waals surface area (Å²) in [7, 11) is 0. The fraction of sp³-hybridized carbons (Fsp3) is 0.0833. The predicted octanol–water partition coefficient (Wildman–Crippen LogP) is 2.29. The molecule has 0 aliphatic heterocycles. The largest absolute Gasteiger partial charge is 0.326 e. The van der Waals surface area contributed by atoms with Gasteiger partial charge in [0.05, 0.1) is 0 Å². The van der Waals surface area contributed by atoms with E-state index in [2.05, 4.69) is 11.2 Å². The van der Waals surface area contributed by atoms with Crippen LogP contribution in [0.25, 0.3) is 6.08 Å². The number of carbonyl (C=O) groups is 1. The van der Waals surface area contributed by atoms with Gasteiger partial charge in [0.2, 0.25) is 5.91 Å². The first kappa shape index (κ1) is 10.1. The van der Waals surface area contributed by atoms with E-state index < -0.39 is 0 Å². The number of hydrogen-bond donors (Lipinski definition) is 1.